The average Bonchev–Trinajstić information content (AvgIpc) is 1.91. The Morgan fingerprint density at radius 1 is 1.50 bits per heavy atom. The first-order valence-electron chi connectivity index (χ1n) is 2.41. The summed E-state index contributed by atoms with van der Waals surface area (Å²) in [5, 5.41) is 2.82. The summed E-state index contributed by atoms with van der Waals surface area (Å²) in [4.78, 5) is 0. The largest absolute Gasteiger partial charge is 0.324 e. The van der Waals surface area contributed by atoms with Crippen molar-refractivity contribution in [3.8, 4) is 0 Å². The van der Waals surface area contributed by atoms with Crippen LogP contribution in [0.5, 0.6) is 0 Å². The third kappa shape index (κ3) is 1.58. The molecule has 0 saturated carbocycles. The van der Waals surface area contributed by atoms with Gasteiger partial charge in [0.15, 0.2) is 0 Å². The molecule has 0 aromatic heterocycles. The van der Waals surface area contributed by atoms with Crippen LogP contribution in [0.2, 0.25) is 0 Å². The van der Waals surface area contributed by atoms with Gasteiger partial charge >= 0.3 is 0 Å². The number of hydrogen-bond acceptors (Lipinski definition) is 2. The molecule has 0 radical (unpaired) electrons. The fourth-order valence-corrected chi connectivity index (χ4v) is 0.667. The van der Waals surface area contributed by atoms with Gasteiger partial charge in [0.25, 0.3) is 0 Å². The van der Waals surface area contributed by atoms with E-state index < -0.39 is 6.17 Å². The molecule has 0 bridgehead atoms. The van der Waals surface area contributed by atoms with Crippen molar-refractivity contribution < 1.29 is 4.39 Å². The van der Waals surface area contributed by atoms with Crippen LogP contribution in [0.3, 0.4) is 0 Å². The van der Waals surface area contributed by atoms with E-state index in [1.807, 2.05) is 0 Å². The van der Waals surface area contributed by atoms with E-state index in [0.29, 0.717) is 13.1 Å². The smallest absolute Gasteiger partial charge is 0.129 e. The highest BCUT2D eigenvalue weighted by atomic mass is 35.5. The summed E-state index contributed by atoms with van der Waals surface area (Å²) in [5.41, 5.74) is 5.24. The third-order valence-electron chi connectivity index (χ3n) is 1.18. The van der Waals surface area contributed by atoms with E-state index in [9.17, 15) is 4.39 Å². The summed E-state index contributed by atoms with van der Waals surface area (Å²) >= 11 is 0. The summed E-state index contributed by atoms with van der Waals surface area (Å²) in [6.07, 6.45) is -0.819. The molecule has 1 aliphatic rings. The summed E-state index contributed by atoms with van der Waals surface area (Å²) in [6, 6.07) is -0.264. The predicted molar refractivity (Wildman–Crippen MR) is 33.0 cm³/mol. The lowest BCUT2D eigenvalue weighted by Gasteiger charge is -1.99. The number of rotatable bonds is 0. The number of alkyl halides is 1. The Kier molecular flexibility index (Phi) is 3.28. The molecule has 2 atom stereocenters. The monoisotopic (exact) mass is 140 g/mol. The second-order valence-electron chi connectivity index (χ2n) is 1.84. The Morgan fingerprint density at radius 2 is 2.12 bits per heavy atom. The van der Waals surface area contributed by atoms with Crippen LogP contribution in [0.25, 0.3) is 0 Å². The molecular weight excluding hydrogens is 131 g/mol. The molecule has 8 heavy (non-hydrogen) atoms. The third-order valence-corrected chi connectivity index (χ3v) is 1.18. The number of halogens is 2. The molecule has 0 unspecified atom stereocenters. The number of hydrogen-bond donors (Lipinski definition) is 2. The lowest BCUT2D eigenvalue weighted by atomic mass is 10.3. The topological polar surface area (TPSA) is 38.0 Å². The maximum Gasteiger partial charge on any atom is 0.129 e. The minimum Gasteiger partial charge on any atom is -0.324 e. The zero-order chi connectivity index (χ0) is 5.28. The molecule has 2 nitrogen and oxygen atoms in total. The SMILES string of the molecule is Cl.N[C@H]1CNC[C@H]1F. The van der Waals surface area contributed by atoms with Crippen molar-refractivity contribution in [2.45, 2.75) is 12.2 Å². The number of nitrogens with two attached hydrogens (primary N) is 1. The molecule has 1 rings (SSSR count). The van der Waals surface area contributed by atoms with E-state index in [1.54, 1.807) is 0 Å². The summed E-state index contributed by atoms with van der Waals surface area (Å²) in [7, 11) is 0. The van der Waals surface area contributed by atoms with Gasteiger partial charge in [0.2, 0.25) is 0 Å². The molecule has 3 N–H and O–H groups in total. The normalized spacial score (nSPS) is 36.8. The van der Waals surface area contributed by atoms with E-state index in [4.69, 9.17) is 5.73 Å². The van der Waals surface area contributed by atoms with Gasteiger partial charge in [0.1, 0.15) is 6.17 Å². The fourth-order valence-electron chi connectivity index (χ4n) is 0.667. The van der Waals surface area contributed by atoms with E-state index in [-0.39, 0.29) is 18.4 Å². The maximum absolute atomic E-state index is 12.1. The van der Waals surface area contributed by atoms with Crippen molar-refractivity contribution in [3.63, 3.8) is 0 Å². The van der Waals surface area contributed by atoms with Gasteiger partial charge in [0.05, 0.1) is 0 Å². The zero-order valence-corrected chi connectivity index (χ0v) is 5.25. The molecule has 0 aromatic carbocycles. The van der Waals surface area contributed by atoms with E-state index in [1.165, 1.54) is 0 Å². The minimum atomic E-state index is -0.819. The van der Waals surface area contributed by atoms with Gasteiger partial charge in [-0.05, 0) is 0 Å². The highest BCUT2D eigenvalue weighted by Gasteiger charge is 2.21. The molecule has 1 saturated heterocycles. The molecule has 4 heteroatoms. The first kappa shape index (κ1) is 8.14. The molecule has 1 aliphatic heterocycles. The first-order chi connectivity index (χ1) is 3.30. The predicted octanol–water partition coefficient (Wildman–Crippen LogP) is -0.323. The Bertz CT molecular complexity index is 63.1. The molecule has 0 aliphatic carbocycles. The van der Waals surface area contributed by atoms with Crippen molar-refractivity contribution in [1.29, 1.82) is 0 Å². The van der Waals surface area contributed by atoms with Gasteiger partial charge in [-0.2, -0.15) is 0 Å². The van der Waals surface area contributed by atoms with E-state index in [2.05, 4.69) is 5.32 Å². The van der Waals surface area contributed by atoms with Crippen LogP contribution in [0.15, 0.2) is 0 Å². The summed E-state index contributed by atoms with van der Waals surface area (Å²) in [6.45, 7) is 1.06. The number of nitrogens with one attached hydrogen (secondary N) is 1. The molecule has 50 valence electrons. The van der Waals surface area contributed by atoms with Crippen LogP contribution in [-0.2, 0) is 0 Å². The Hall–Kier alpha value is 0.140. The standard InChI is InChI=1S/C4H9FN2.ClH/c5-3-1-7-2-4(3)6;/h3-4,7H,1-2,6H2;1H/t3-,4+;/m1./s1. The van der Waals surface area contributed by atoms with E-state index >= 15 is 0 Å². The molecule has 0 aromatic rings. The molecule has 1 fully saturated rings. The van der Waals surface area contributed by atoms with E-state index in [0.717, 1.165) is 0 Å². The highest BCUT2D eigenvalue weighted by Crippen LogP contribution is 1.99. The second-order valence-corrected chi connectivity index (χ2v) is 1.84. The Morgan fingerprint density at radius 3 is 2.25 bits per heavy atom. The quantitative estimate of drug-likeness (QED) is 0.484. The Balaban J connectivity index is 0.000000490. The van der Waals surface area contributed by atoms with Crippen LogP contribution >= 0.6 is 12.4 Å². The molecule has 0 spiro atoms. The van der Waals surface area contributed by atoms with Gasteiger partial charge in [-0.15, -0.1) is 12.4 Å². The molecule has 0 amide bonds. The van der Waals surface area contributed by atoms with Crippen LogP contribution < -0.4 is 11.1 Å². The van der Waals surface area contributed by atoms with Gasteiger partial charge in [0, 0.05) is 19.1 Å². The van der Waals surface area contributed by atoms with Crippen molar-refractivity contribution in [2.24, 2.45) is 5.73 Å². The molecular formula is C4H10ClFN2. The van der Waals surface area contributed by atoms with Crippen molar-refractivity contribution in [1.82, 2.24) is 5.32 Å². The summed E-state index contributed by atoms with van der Waals surface area (Å²) in [5.74, 6) is 0. The van der Waals surface area contributed by atoms with Gasteiger partial charge in [-0.1, -0.05) is 0 Å². The first-order valence-corrected chi connectivity index (χ1v) is 2.41. The van der Waals surface area contributed by atoms with Crippen LogP contribution in [0.4, 0.5) is 4.39 Å². The van der Waals surface area contributed by atoms with Gasteiger partial charge in [-0.25, -0.2) is 4.39 Å². The van der Waals surface area contributed by atoms with Crippen molar-refractivity contribution >= 4 is 12.4 Å². The van der Waals surface area contributed by atoms with Crippen LogP contribution in [0, 0.1) is 0 Å². The van der Waals surface area contributed by atoms with Crippen LogP contribution in [0.1, 0.15) is 0 Å². The van der Waals surface area contributed by atoms with Crippen molar-refractivity contribution in [3.05, 3.63) is 0 Å². The van der Waals surface area contributed by atoms with Crippen molar-refractivity contribution in [2.75, 3.05) is 13.1 Å². The average molecular weight is 141 g/mol. The zero-order valence-electron chi connectivity index (χ0n) is 4.43. The van der Waals surface area contributed by atoms with Gasteiger partial charge in [-0.3, -0.25) is 0 Å². The highest BCUT2D eigenvalue weighted by molar-refractivity contribution is 5.85. The minimum absolute atomic E-state index is 0. The lowest BCUT2D eigenvalue weighted by molar-refractivity contribution is 0.332. The second kappa shape index (κ2) is 3.22. The van der Waals surface area contributed by atoms with Gasteiger partial charge < -0.3 is 11.1 Å². The fraction of sp³-hybridized carbons (Fsp3) is 1.00. The molecule has 1 heterocycles. The lowest BCUT2D eigenvalue weighted by Crippen LogP contribution is -2.29. The summed E-state index contributed by atoms with van der Waals surface area (Å²) < 4.78 is 12.1. The Labute approximate surface area is 54.0 Å². The maximum atomic E-state index is 12.1. The van der Waals surface area contributed by atoms with Crippen LogP contribution in [-0.4, -0.2) is 25.3 Å².